The molecular formula is C16H16N2O3. The van der Waals surface area contributed by atoms with Crippen molar-refractivity contribution in [2.24, 2.45) is 0 Å². The Balaban J connectivity index is 1.92. The Bertz CT molecular complexity index is 705. The molecule has 1 aliphatic heterocycles. The second-order valence-electron chi connectivity index (χ2n) is 5.01. The first-order chi connectivity index (χ1) is 10.1. The number of benzene rings is 2. The van der Waals surface area contributed by atoms with Crippen LogP contribution in [0.25, 0.3) is 0 Å². The third-order valence-corrected chi connectivity index (χ3v) is 3.50. The minimum atomic E-state index is -0.184. The van der Waals surface area contributed by atoms with Gasteiger partial charge in [0.05, 0.1) is 11.4 Å². The standard InChI is InChI=1S/C16H16N2O3/c1-9-4-3-5-10(2)15(9)16(19)18-12-7-14-13(6-11(12)17)20-8-21-14/h3-7H,8,17H2,1-2H3,(H,18,19). The molecule has 108 valence electrons. The van der Waals surface area contributed by atoms with Crippen LogP contribution in [0.3, 0.4) is 0 Å². The SMILES string of the molecule is Cc1cccc(C)c1C(=O)Nc1cc2c(cc1N)OCO2. The predicted octanol–water partition coefficient (Wildman–Crippen LogP) is 2.87. The molecular weight excluding hydrogens is 268 g/mol. The third kappa shape index (κ3) is 2.38. The average molecular weight is 284 g/mol. The first-order valence-corrected chi connectivity index (χ1v) is 6.63. The second kappa shape index (κ2) is 5.01. The summed E-state index contributed by atoms with van der Waals surface area (Å²) in [6, 6.07) is 9.08. The zero-order valence-corrected chi connectivity index (χ0v) is 11.9. The number of nitrogens with two attached hydrogens (primary N) is 1. The molecule has 0 atom stereocenters. The van der Waals surface area contributed by atoms with Crippen molar-refractivity contribution in [2.75, 3.05) is 17.8 Å². The lowest BCUT2D eigenvalue weighted by Crippen LogP contribution is -2.16. The minimum Gasteiger partial charge on any atom is -0.454 e. The van der Waals surface area contributed by atoms with Gasteiger partial charge in [-0.25, -0.2) is 0 Å². The van der Waals surface area contributed by atoms with Crippen molar-refractivity contribution in [3.05, 3.63) is 47.0 Å². The van der Waals surface area contributed by atoms with E-state index in [9.17, 15) is 4.79 Å². The molecule has 1 aliphatic rings. The van der Waals surface area contributed by atoms with E-state index in [4.69, 9.17) is 15.2 Å². The molecule has 0 saturated carbocycles. The molecule has 0 saturated heterocycles. The van der Waals surface area contributed by atoms with Gasteiger partial charge in [-0.3, -0.25) is 4.79 Å². The number of ether oxygens (including phenoxy) is 2. The molecule has 3 rings (SSSR count). The van der Waals surface area contributed by atoms with Crippen LogP contribution in [-0.4, -0.2) is 12.7 Å². The van der Waals surface area contributed by atoms with Gasteiger partial charge in [-0.05, 0) is 25.0 Å². The van der Waals surface area contributed by atoms with E-state index in [1.807, 2.05) is 32.0 Å². The van der Waals surface area contributed by atoms with Gasteiger partial charge in [-0.1, -0.05) is 18.2 Å². The largest absolute Gasteiger partial charge is 0.454 e. The molecule has 0 bridgehead atoms. The Morgan fingerprint density at radius 1 is 1.14 bits per heavy atom. The highest BCUT2D eigenvalue weighted by atomic mass is 16.7. The fraction of sp³-hybridized carbons (Fsp3) is 0.188. The summed E-state index contributed by atoms with van der Waals surface area (Å²) >= 11 is 0. The molecule has 1 heterocycles. The number of rotatable bonds is 2. The van der Waals surface area contributed by atoms with Gasteiger partial charge in [0.1, 0.15) is 0 Å². The minimum absolute atomic E-state index is 0.170. The summed E-state index contributed by atoms with van der Waals surface area (Å²) in [7, 11) is 0. The molecule has 0 spiro atoms. The molecule has 0 aromatic heterocycles. The maximum atomic E-state index is 12.5. The van der Waals surface area contributed by atoms with Crippen LogP contribution in [0.1, 0.15) is 21.5 Å². The molecule has 5 nitrogen and oxygen atoms in total. The number of anilines is 2. The van der Waals surface area contributed by atoms with Crippen LogP contribution in [0.5, 0.6) is 11.5 Å². The van der Waals surface area contributed by atoms with E-state index in [0.717, 1.165) is 11.1 Å². The first kappa shape index (κ1) is 13.3. The summed E-state index contributed by atoms with van der Waals surface area (Å²) in [6.45, 7) is 3.99. The van der Waals surface area contributed by atoms with E-state index >= 15 is 0 Å². The molecule has 0 unspecified atom stereocenters. The first-order valence-electron chi connectivity index (χ1n) is 6.63. The van der Waals surface area contributed by atoms with Gasteiger partial charge in [0, 0.05) is 17.7 Å². The van der Waals surface area contributed by atoms with Crippen molar-refractivity contribution in [2.45, 2.75) is 13.8 Å². The van der Waals surface area contributed by atoms with Crippen molar-refractivity contribution in [1.82, 2.24) is 0 Å². The number of amides is 1. The van der Waals surface area contributed by atoms with Crippen molar-refractivity contribution < 1.29 is 14.3 Å². The lowest BCUT2D eigenvalue weighted by molar-refractivity contribution is 0.102. The van der Waals surface area contributed by atoms with Crippen LogP contribution >= 0.6 is 0 Å². The highest BCUT2D eigenvalue weighted by Crippen LogP contribution is 2.38. The number of hydrogen-bond acceptors (Lipinski definition) is 4. The topological polar surface area (TPSA) is 73.6 Å². The summed E-state index contributed by atoms with van der Waals surface area (Å²) in [5.41, 5.74) is 9.42. The highest BCUT2D eigenvalue weighted by molar-refractivity contribution is 6.07. The summed E-state index contributed by atoms with van der Waals surface area (Å²) in [5.74, 6) is 0.995. The molecule has 0 fully saturated rings. The Morgan fingerprint density at radius 2 is 1.76 bits per heavy atom. The molecule has 2 aromatic carbocycles. The van der Waals surface area contributed by atoms with Crippen LogP contribution in [0.4, 0.5) is 11.4 Å². The number of carbonyl (C=O) groups excluding carboxylic acids is 1. The van der Waals surface area contributed by atoms with E-state index in [1.165, 1.54) is 0 Å². The summed E-state index contributed by atoms with van der Waals surface area (Å²) in [5, 5.41) is 2.84. The number of nitrogens with one attached hydrogen (secondary N) is 1. The van der Waals surface area contributed by atoms with Crippen molar-refractivity contribution in [3.63, 3.8) is 0 Å². The lowest BCUT2D eigenvalue weighted by Gasteiger charge is -2.12. The molecule has 3 N–H and O–H groups in total. The number of aryl methyl sites for hydroxylation is 2. The number of hydrogen-bond donors (Lipinski definition) is 2. The summed E-state index contributed by atoms with van der Waals surface area (Å²) < 4.78 is 10.5. The van der Waals surface area contributed by atoms with E-state index < -0.39 is 0 Å². The third-order valence-electron chi connectivity index (χ3n) is 3.50. The van der Waals surface area contributed by atoms with Gasteiger partial charge in [0.2, 0.25) is 6.79 Å². The fourth-order valence-electron chi connectivity index (χ4n) is 2.42. The monoisotopic (exact) mass is 284 g/mol. The predicted molar refractivity (Wildman–Crippen MR) is 80.8 cm³/mol. The van der Waals surface area contributed by atoms with Gasteiger partial charge in [-0.2, -0.15) is 0 Å². The molecule has 2 aromatic rings. The highest BCUT2D eigenvalue weighted by Gasteiger charge is 2.18. The van der Waals surface area contributed by atoms with Crippen LogP contribution < -0.4 is 20.5 Å². The maximum absolute atomic E-state index is 12.5. The zero-order chi connectivity index (χ0) is 15.0. The molecule has 0 radical (unpaired) electrons. The van der Waals surface area contributed by atoms with Crippen LogP contribution in [-0.2, 0) is 0 Å². The zero-order valence-electron chi connectivity index (χ0n) is 11.9. The van der Waals surface area contributed by atoms with Gasteiger partial charge in [0.15, 0.2) is 11.5 Å². The fourth-order valence-corrected chi connectivity index (χ4v) is 2.42. The lowest BCUT2D eigenvalue weighted by atomic mass is 10.0. The quantitative estimate of drug-likeness (QED) is 0.832. The summed E-state index contributed by atoms with van der Waals surface area (Å²) in [6.07, 6.45) is 0. The van der Waals surface area contributed by atoms with Crippen LogP contribution in [0.2, 0.25) is 0 Å². The Hall–Kier alpha value is -2.69. The maximum Gasteiger partial charge on any atom is 0.256 e. The van der Waals surface area contributed by atoms with E-state index in [2.05, 4.69) is 5.32 Å². The normalized spacial score (nSPS) is 12.3. The Morgan fingerprint density at radius 3 is 2.43 bits per heavy atom. The van der Waals surface area contributed by atoms with E-state index in [-0.39, 0.29) is 12.7 Å². The van der Waals surface area contributed by atoms with Crippen LogP contribution in [0.15, 0.2) is 30.3 Å². The Labute approximate surface area is 122 Å². The van der Waals surface area contributed by atoms with Crippen molar-refractivity contribution in [3.8, 4) is 11.5 Å². The number of carbonyl (C=O) groups is 1. The van der Waals surface area contributed by atoms with E-state index in [0.29, 0.717) is 28.4 Å². The number of nitrogen functional groups attached to an aromatic ring is 1. The van der Waals surface area contributed by atoms with E-state index in [1.54, 1.807) is 12.1 Å². The van der Waals surface area contributed by atoms with Gasteiger partial charge in [-0.15, -0.1) is 0 Å². The van der Waals surface area contributed by atoms with Gasteiger partial charge in [0.25, 0.3) is 5.91 Å². The molecule has 1 amide bonds. The Kier molecular flexibility index (Phi) is 3.17. The van der Waals surface area contributed by atoms with Crippen molar-refractivity contribution >= 4 is 17.3 Å². The smallest absolute Gasteiger partial charge is 0.256 e. The molecule has 5 heteroatoms. The number of fused-ring (bicyclic) bond motifs is 1. The van der Waals surface area contributed by atoms with Gasteiger partial charge < -0.3 is 20.5 Å². The molecule has 0 aliphatic carbocycles. The summed E-state index contributed by atoms with van der Waals surface area (Å²) in [4.78, 5) is 12.5. The molecule has 21 heavy (non-hydrogen) atoms. The van der Waals surface area contributed by atoms with Crippen molar-refractivity contribution in [1.29, 1.82) is 0 Å². The average Bonchev–Trinajstić information content (AvgIpc) is 2.86. The second-order valence-corrected chi connectivity index (χ2v) is 5.01. The van der Waals surface area contributed by atoms with Crippen LogP contribution in [0, 0.1) is 13.8 Å². The van der Waals surface area contributed by atoms with Gasteiger partial charge >= 0.3 is 0 Å².